The van der Waals surface area contributed by atoms with Crippen molar-refractivity contribution in [1.29, 1.82) is 5.26 Å². The summed E-state index contributed by atoms with van der Waals surface area (Å²) in [7, 11) is 1.63. The van der Waals surface area contributed by atoms with Crippen molar-refractivity contribution in [3.05, 3.63) is 58.9 Å². The molecule has 1 fully saturated rings. The molecule has 0 heterocycles. The van der Waals surface area contributed by atoms with Gasteiger partial charge in [-0.2, -0.15) is 18.4 Å². The van der Waals surface area contributed by atoms with Crippen LogP contribution in [0.4, 0.5) is 28.9 Å². The van der Waals surface area contributed by atoms with Crippen LogP contribution in [-0.2, 0) is 22.2 Å². The Bertz CT molecular complexity index is 1270. The number of nitrogens with one attached hydrogen (secondary N) is 2. The van der Waals surface area contributed by atoms with Crippen LogP contribution < -0.4 is 15.5 Å². The van der Waals surface area contributed by atoms with Gasteiger partial charge in [-0.3, -0.25) is 4.79 Å². The second-order valence-electron chi connectivity index (χ2n) is 9.88. The van der Waals surface area contributed by atoms with Gasteiger partial charge in [0, 0.05) is 18.2 Å². The van der Waals surface area contributed by atoms with Gasteiger partial charge in [-0.1, -0.05) is 18.6 Å². The highest BCUT2D eigenvalue weighted by molar-refractivity contribution is 7.80. The molecule has 3 rings (SSSR count). The van der Waals surface area contributed by atoms with Crippen molar-refractivity contribution in [2.24, 2.45) is 5.41 Å². The van der Waals surface area contributed by atoms with Gasteiger partial charge in [-0.05, 0) is 81.6 Å². The summed E-state index contributed by atoms with van der Waals surface area (Å²) in [4.78, 5) is 25.6. The van der Waals surface area contributed by atoms with Crippen molar-refractivity contribution in [1.82, 2.24) is 5.32 Å². The zero-order valence-corrected chi connectivity index (χ0v) is 22.0. The average molecular weight is 549 g/mol. The van der Waals surface area contributed by atoms with Crippen LogP contribution in [0.25, 0.3) is 0 Å². The van der Waals surface area contributed by atoms with Gasteiger partial charge in [0.05, 0.1) is 22.9 Å². The molecular weight excluding hydrogens is 520 g/mol. The summed E-state index contributed by atoms with van der Waals surface area (Å²) in [5, 5.41) is 14.0. The van der Waals surface area contributed by atoms with Gasteiger partial charge >= 0.3 is 6.18 Å². The zero-order chi connectivity index (χ0) is 28.3. The van der Waals surface area contributed by atoms with E-state index in [0.29, 0.717) is 24.8 Å². The van der Waals surface area contributed by atoms with Gasteiger partial charge in [-0.15, -0.1) is 0 Å². The molecule has 38 heavy (non-hydrogen) atoms. The second-order valence-corrected chi connectivity index (χ2v) is 10.3. The largest absolute Gasteiger partial charge is 0.420 e. The van der Waals surface area contributed by atoms with Crippen LogP contribution in [0.15, 0.2) is 36.4 Å². The molecule has 1 amide bonds. The lowest BCUT2D eigenvalue weighted by Crippen LogP contribution is -2.51. The Balaban J connectivity index is 1.86. The molecule has 0 spiro atoms. The summed E-state index contributed by atoms with van der Waals surface area (Å²) >= 11 is 5.41. The first kappa shape index (κ1) is 29.0. The molecule has 0 bridgehead atoms. The molecule has 0 saturated heterocycles. The number of amides is 1. The third-order valence-electron chi connectivity index (χ3n) is 6.96. The Labute approximate surface area is 224 Å². The van der Waals surface area contributed by atoms with Crippen LogP contribution in [-0.4, -0.2) is 29.9 Å². The summed E-state index contributed by atoms with van der Waals surface area (Å²) in [6.07, 6.45) is -0.436. The number of benzene rings is 2. The Morgan fingerprint density at radius 1 is 1.18 bits per heavy atom. The Hall–Kier alpha value is -3.52. The molecule has 2 N–H and O–H groups in total. The third kappa shape index (κ3) is 5.80. The van der Waals surface area contributed by atoms with Gasteiger partial charge in [0.1, 0.15) is 11.8 Å². The first-order chi connectivity index (χ1) is 17.8. The van der Waals surface area contributed by atoms with Crippen LogP contribution in [0, 0.1) is 22.6 Å². The number of hydrogen-bond acceptors (Lipinski definition) is 4. The van der Waals surface area contributed by atoms with E-state index in [-0.39, 0.29) is 16.4 Å². The van der Waals surface area contributed by atoms with Crippen molar-refractivity contribution in [2.45, 2.75) is 57.7 Å². The number of aryl methyl sites for hydroxylation is 1. The Morgan fingerprint density at radius 2 is 1.82 bits per heavy atom. The number of alkyl halides is 3. The molecule has 1 aliphatic rings. The van der Waals surface area contributed by atoms with Gasteiger partial charge in [0.25, 0.3) is 0 Å². The van der Waals surface area contributed by atoms with Gasteiger partial charge in [-0.25, -0.2) is 4.39 Å². The van der Waals surface area contributed by atoms with Crippen molar-refractivity contribution in [2.75, 3.05) is 17.3 Å². The van der Waals surface area contributed by atoms with E-state index < -0.39 is 34.3 Å². The number of hydrogen-bond donors (Lipinski definition) is 2. The van der Waals surface area contributed by atoms with E-state index in [4.69, 9.17) is 17.5 Å². The second kappa shape index (κ2) is 11.1. The Kier molecular flexibility index (Phi) is 8.46. The van der Waals surface area contributed by atoms with Gasteiger partial charge < -0.3 is 20.3 Å². The maximum absolute atomic E-state index is 14.9. The number of halogens is 4. The molecule has 0 aliphatic heterocycles. The maximum Gasteiger partial charge on any atom is 0.420 e. The van der Waals surface area contributed by atoms with Crippen molar-refractivity contribution in [3.63, 3.8) is 0 Å². The normalized spacial score (nSPS) is 14.6. The zero-order valence-electron chi connectivity index (χ0n) is 21.2. The van der Waals surface area contributed by atoms with E-state index >= 15 is 0 Å². The summed E-state index contributed by atoms with van der Waals surface area (Å²) < 4.78 is 55.1. The fraction of sp³-hybridized carbons (Fsp3) is 0.407. The van der Waals surface area contributed by atoms with Crippen molar-refractivity contribution < 1.29 is 27.2 Å². The van der Waals surface area contributed by atoms with E-state index in [0.717, 1.165) is 37.0 Å². The topological polar surface area (TPSA) is 85.2 Å². The SMILES string of the molecule is CNC(=O)C1(CCc2ccc(N(C(=S)Nc3ccc(C#N)c(C(F)(F)F)c3F)C(C)(C)C=O)cc2)CCC1. The van der Waals surface area contributed by atoms with E-state index in [1.165, 1.54) is 11.0 Å². The van der Waals surface area contributed by atoms with Gasteiger partial charge in [0.2, 0.25) is 5.91 Å². The summed E-state index contributed by atoms with van der Waals surface area (Å²) in [5.41, 5.74) is -3.31. The average Bonchev–Trinajstić information content (AvgIpc) is 2.84. The molecule has 1 aliphatic carbocycles. The number of anilines is 2. The molecule has 0 aromatic heterocycles. The van der Waals surface area contributed by atoms with Crippen LogP contribution in [0.3, 0.4) is 0 Å². The summed E-state index contributed by atoms with van der Waals surface area (Å²) in [5.74, 6) is -1.63. The molecule has 11 heteroatoms. The van der Waals surface area contributed by atoms with E-state index in [2.05, 4.69) is 10.6 Å². The van der Waals surface area contributed by atoms with Crippen LogP contribution >= 0.6 is 12.2 Å². The van der Waals surface area contributed by atoms with Crippen LogP contribution in [0.1, 0.15) is 56.2 Å². The number of nitriles is 1. The monoisotopic (exact) mass is 548 g/mol. The standard InChI is InChI=1S/C27H28F4N4O2S/c1-25(2,16-36)35(24(38)34-20-10-7-18(15-32)21(22(20)28)27(29,30)31)19-8-5-17(6-9-19)11-14-26(12-4-13-26)23(37)33-3/h5-10,16H,4,11-14H2,1-3H3,(H,33,37)(H,34,38). The highest BCUT2D eigenvalue weighted by Gasteiger charge is 2.43. The lowest BCUT2D eigenvalue weighted by molar-refractivity contribution is -0.140. The third-order valence-corrected chi connectivity index (χ3v) is 7.25. The maximum atomic E-state index is 14.9. The molecule has 2 aromatic carbocycles. The predicted molar refractivity (Wildman–Crippen MR) is 140 cm³/mol. The summed E-state index contributed by atoms with van der Waals surface area (Å²) in [6.45, 7) is 3.11. The first-order valence-corrected chi connectivity index (χ1v) is 12.4. The number of carbonyl (C=O) groups is 2. The minimum absolute atomic E-state index is 0.0411. The van der Waals surface area contributed by atoms with Crippen molar-refractivity contribution in [3.8, 4) is 6.07 Å². The number of carbonyl (C=O) groups excluding carboxylic acids is 2. The molecule has 0 radical (unpaired) electrons. The summed E-state index contributed by atoms with van der Waals surface area (Å²) in [6, 6.07) is 10.3. The first-order valence-electron chi connectivity index (χ1n) is 12.0. The molecule has 2 aromatic rings. The van der Waals surface area contributed by atoms with Crippen LogP contribution in [0.2, 0.25) is 0 Å². The smallest absolute Gasteiger partial charge is 0.359 e. The van der Waals surface area contributed by atoms with E-state index in [1.54, 1.807) is 33.0 Å². The van der Waals surface area contributed by atoms with Crippen molar-refractivity contribution >= 4 is 40.9 Å². The van der Waals surface area contributed by atoms with Gasteiger partial charge in [0.15, 0.2) is 10.9 Å². The molecule has 202 valence electrons. The molecule has 0 atom stereocenters. The molecule has 1 saturated carbocycles. The quantitative estimate of drug-likeness (QED) is 0.248. The lowest BCUT2D eigenvalue weighted by Gasteiger charge is -2.40. The minimum atomic E-state index is -5.10. The number of aldehydes is 1. The van der Waals surface area contributed by atoms with Crippen LogP contribution in [0.5, 0.6) is 0 Å². The van der Waals surface area contributed by atoms with E-state index in [9.17, 15) is 27.2 Å². The molecule has 0 unspecified atom stereocenters. The molecule has 6 nitrogen and oxygen atoms in total. The highest BCUT2D eigenvalue weighted by Crippen LogP contribution is 2.45. The fourth-order valence-corrected chi connectivity index (χ4v) is 5.08. The lowest BCUT2D eigenvalue weighted by atomic mass is 9.65. The number of thiocarbonyl (C=S) groups is 1. The number of rotatable bonds is 8. The van der Waals surface area contributed by atoms with E-state index in [1.807, 2.05) is 12.1 Å². The predicted octanol–water partition coefficient (Wildman–Crippen LogP) is 5.75. The highest BCUT2D eigenvalue weighted by atomic mass is 32.1. The fourth-order valence-electron chi connectivity index (χ4n) is 4.63. The Morgan fingerprint density at radius 3 is 2.29 bits per heavy atom. The number of nitrogens with zero attached hydrogens (tertiary/aromatic N) is 2. The molecular formula is C27H28F4N4O2S. The minimum Gasteiger partial charge on any atom is -0.359 e.